The molecule has 0 amide bonds. The summed E-state index contributed by atoms with van der Waals surface area (Å²) in [5.74, 6) is 0.703. The molecule has 0 aliphatic heterocycles. The van der Waals surface area contributed by atoms with E-state index in [1.807, 2.05) is 29.5 Å². The molecular formula is C59H38N2S. The van der Waals surface area contributed by atoms with Crippen LogP contribution in [0.2, 0.25) is 0 Å². The fourth-order valence-electron chi connectivity index (χ4n) is 9.76. The Hall–Kier alpha value is -7.72. The molecule has 0 N–H and O–H groups in total. The quantitative estimate of drug-likeness (QED) is 0.160. The topological polar surface area (TPSA) is 25.8 Å². The minimum Gasteiger partial charge on any atom is -0.228 e. The number of fused-ring (bicyclic) bond motifs is 6. The molecule has 0 bridgehead atoms. The normalized spacial score (nSPS) is 12.6. The van der Waals surface area contributed by atoms with Crippen molar-refractivity contribution in [2.24, 2.45) is 0 Å². The summed E-state index contributed by atoms with van der Waals surface area (Å²) in [6, 6.07) is 83.4. The van der Waals surface area contributed by atoms with Crippen LogP contribution in [0.1, 0.15) is 22.3 Å². The maximum absolute atomic E-state index is 5.24. The van der Waals surface area contributed by atoms with Crippen molar-refractivity contribution in [3.8, 4) is 67.3 Å². The molecule has 0 radical (unpaired) electrons. The predicted molar refractivity (Wildman–Crippen MR) is 259 cm³/mol. The van der Waals surface area contributed by atoms with Crippen molar-refractivity contribution in [1.82, 2.24) is 9.97 Å². The van der Waals surface area contributed by atoms with Crippen LogP contribution in [0.3, 0.4) is 0 Å². The van der Waals surface area contributed by atoms with Crippen molar-refractivity contribution in [3.63, 3.8) is 0 Å². The summed E-state index contributed by atoms with van der Waals surface area (Å²) < 4.78 is 2.60. The molecule has 12 rings (SSSR count). The summed E-state index contributed by atoms with van der Waals surface area (Å²) in [5.41, 5.74) is 16.9. The van der Waals surface area contributed by atoms with E-state index >= 15 is 0 Å². The smallest absolute Gasteiger partial charge is 0.160 e. The minimum atomic E-state index is -0.415. The highest BCUT2D eigenvalue weighted by Gasteiger charge is 2.45. The number of nitrogens with zero attached hydrogens (tertiary/aromatic N) is 2. The van der Waals surface area contributed by atoms with E-state index in [1.54, 1.807) is 0 Å². The second kappa shape index (κ2) is 14.8. The Morgan fingerprint density at radius 2 is 0.806 bits per heavy atom. The number of aromatic nitrogens is 2. The van der Waals surface area contributed by atoms with E-state index in [9.17, 15) is 0 Å². The van der Waals surface area contributed by atoms with E-state index in [0.29, 0.717) is 5.82 Å². The molecule has 62 heavy (non-hydrogen) atoms. The summed E-state index contributed by atoms with van der Waals surface area (Å²) in [4.78, 5) is 10.4. The Kier molecular flexibility index (Phi) is 8.62. The standard InChI is InChI=1S/C59H38N2S/c1-3-15-42(16-4-1)58-60-54(38-55(61-58)49-22-8-7-19-46(49)43-33-36-57-51(37-43)50-23-11-14-26-56(50)62-57)41-29-27-39(28-30-41)40-31-34-45(35-32-40)59(44-17-5-2-6-18-44)52-24-12-9-20-47(52)48-21-10-13-25-53(48)59/h1-38H. The van der Waals surface area contributed by atoms with Crippen molar-refractivity contribution in [3.05, 3.63) is 253 Å². The lowest BCUT2D eigenvalue weighted by Gasteiger charge is -2.34. The summed E-state index contributed by atoms with van der Waals surface area (Å²) in [7, 11) is 0. The van der Waals surface area contributed by atoms with Gasteiger partial charge in [-0.2, -0.15) is 0 Å². The van der Waals surface area contributed by atoms with Crippen LogP contribution in [-0.4, -0.2) is 9.97 Å². The van der Waals surface area contributed by atoms with Crippen LogP contribution in [0.4, 0.5) is 0 Å². The third-order valence-electron chi connectivity index (χ3n) is 12.6. The second-order valence-corrected chi connectivity index (χ2v) is 17.1. The highest BCUT2D eigenvalue weighted by molar-refractivity contribution is 7.25. The van der Waals surface area contributed by atoms with Gasteiger partial charge < -0.3 is 0 Å². The van der Waals surface area contributed by atoms with Crippen molar-refractivity contribution in [1.29, 1.82) is 0 Å². The van der Waals surface area contributed by atoms with Crippen LogP contribution >= 0.6 is 11.3 Å². The third-order valence-corrected chi connectivity index (χ3v) is 13.8. The van der Waals surface area contributed by atoms with Crippen LogP contribution in [0.5, 0.6) is 0 Å². The largest absolute Gasteiger partial charge is 0.228 e. The molecule has 11 aromatic rings. The van der Waals surface area contributed by atoms with Gasteiger partial charge in [0.15, 0.2) is 5.82 Å². The monoisotopic (exact) mass is 806 g/mol. The lowest BCUT2D eigenvalue weighted by atomic mass is 9.67. The predicted octanol–water partition coefficient (Wildman–Crippen LogP) is 15.5. The van der Waals surface area contributed by atoms with Gasteiger partial charge in [0.1, 0.15) is 0 Å². The first kappa shape index (κ1) is 36.2. The number of rotatable bonds is 7. The molecule has 1 aliphatic rings. The first-order chi connectivity index (χ1) is 30.7. The molecule has 2 aromatic heterocycles. The van der Waals surface area contributed by atoms with Crippen LogP contribution in [0, 0.1) is 0 Å². The summed E-state index contributed by atoms with van der Waals surface area (Å²) in [6.45, 7) is 0. The van der Waals surface area contributed by atoms with Crippen LogP contribution in [0.25, 0.3) is 87.5 Å². The van der Waals surface area contributed by atoms with E-state index in [4.69, 9.17) is 9.97 Å². The van der Waals surface area contributed by atoms with E-state index in [1.165, 1.54) is 64.7 Å². The van der Waals surface area contributed by atoms with Crippen molar-refractivity contribution >= 4 is 31.5 Å². The van der Waals surface area contributed by atoms with Gasteiger partial charge >= 0.3 is 0 Å². The molecule has 0 unspecified atom stereocenters. The third kappa shape index (κ3) is 5.85. The van der Waals surface area contributed by atoms with Gasteiger partial charge in [-0.15, -0.1) is 11.3 Å². The molecule has 1 aliphatic carbocycles. The highest BCUT2D eigenvalue weighted by atomic mass is 32.1. The van der Waals surface area contributed by atoms with Crippen LogP contribution in [-0.2, 0) is 5.41 Å². The number of thiophene rings is 1. The zero-order chi connectivity index (χ0) is 41.0. The molecule has 3 heteroatoms. The Labute approximate surface area is 365 Å². The maximum Gasteiger partial charge on any atom is 0.160 e. The van der Waals surface area contributed by atoms with Crippen molar-refractivity contribution in [2.45, 2.75) is 5.41 Å². The molecular weight excluding hydrogens is 769 g/mol. The van der Waals surface area contributed by atoms with Crippen LogP contribution < -0.4 is 0 Å². The first-order valence-corrected chi connectivity index (χ1v) is 22.0. The van der Waals surface area contributed by atoms with Gasteiger partial charge in [-0.25, -0.2) is 9.97 Å². The fourth-order valence-corrected chi connectivity index (χ4v) is 10.8. The van der Waals surface area contributed by atoms with Gasteiger partial charge in [-0.1, -0.05) is 206 Å². The lowest BCUT2D eigenvalue weighted by molar-refractivity contribution is 0.768. The molecule has 290 valence electrons. The van der Waals surface area contributed by atoms with Gasteiger partial charge in [-0.05, 0) is 79.9 Å². The summed E-state index contributed by atoms with van der Waals surface area (Å²) in [5, 5.41) is 2.58. The summed E-state index contributed by atoms with van der Waals surface area (Å²) in [6.07, 6.45) is 0. The van der Waals surface area contributed by atoms with E-state index in [2.05, 4.69) is 212 Å². The van der Waals surface area contributed by atoms with Gasteiger partial charge in [-0.3, -0.25) is 0 Å². The summed E-state index contributed by atoms with van der Waals surface area (Å²) >= 11 is 1.84. The van der Waals surface area contributed by atoms with Crippen molar-refractivity contribution in [2.75, 3.05) is 0 Å². The molecule has 0 fully saturated rings. The SMILES string of the molecule is c1ccc(-c2nc(-c3ccc(-c4ccc(C5(c6ccccc6)c6ccccc6-c6ccccc65)cc4)cc3)cc(-c3ccccc3-c3ccc4sc5ccccc5c4c3)n2)cc1. The molecule has 0 saturated heterocycles. The molecule has 0 atom stereocenters. The minimum absolute atomic E-state index is 0.415. The zero-order valence-electron chi connectivity index (χ0n) is 33.7. The zero-order valence-corrected chi connectivity index (χ0v) is 34.6. The first-order valence-electron chi connectivity index (χ1n) is 21.1. The number of hydrogen-bond acceptors (Lipinski definition) is 3. The Morgan fingerprint density at radius 3 is 1.52 bits per heavy atom. The molecule has 9 aromatic carbocycles. The van der Waals surface area contributed by atoms with Gasteiger partial charge in [0.25, 0.3) is 0 Å². The lowest BCUT2D eigenvalue weighted by Crippen LogP contribution is -2.28. The Balaban J connectivity index is 0.928. The molecule has 0 saturated carbocycles. The van der Waals surface area contributed by atoms with Gasteiger partial charge in [0.2, 0.25) is 0 Å². The average molecular weight is 807 g/mol. The van der Waals surface area contributed by atoms with E-state index in [0.717, 1.165) is 39.2 Å². The highest BCUT2D eigenvalue weighted by Crippen LogP contribution is 2.56. The van der Waals surface area contributed by atoms with E-state index < -0.39 is 5.41 Å². The average Bonchev–Trinajstić information content (AvgIpc) is 3.88. The molecule has 2 nitrogen and oxygen atoms in total. The number of benzene rings is 9. The van der Waals surface area contributed by atoms with Gasteiger partial charge in [0, 0.05) is 36.9 Å². The Bertz CT molecular complexity index is 3400. The molecule has 2 heterocycles. The van der Waals surface area contributed by atoms with E-state index in [-0.39, 0.29) is 0 Å². The molecule has 0 spiro atoms. The second-order valence-electron chi connectivity index (χ2n) is 16.0. The van der Waals surface area contributed by atoms with Gasteiger partial charge in [0.05, 0.1) is 16.8 Å². The van der Waals surface area contributed by atoms with Crippen LogP contribution in [0.15, 0.2) is 231 Å². The number of hydrogen-bond donors (Lipinski definition) is 0. The van der Waals surface area contributed by atoms with Crippen molar-refractivity contribution < 1.29 is 0 Å². The maximum atomic E-state index is 5.24. The Morgan fingerprint density at radius 1 is 0.306 bits per heavy atom. The fraction of sp³-hybridized carbons (Fsp3) is 0.0169.